The van der Waals surface area contributed by atoms with E-state index in [0.29, 0.717) is 17.7 Å². The van der Waals surface area contributed by atoms with Gasteiger partial charge in [0.05, 0.1) is 36.0 Å². The molecule has 6 aromatic rings. The second-order valence-electron chi connectivity index (χ2n) is 12.8. The van der Waals surface area contributed by atoms with Crippen molar-refractivity contribution in [2.24, 2.45) is 5.92 Å². The largest absolute Gasteiger partial charge is 0.392 e. The highest BCUT2D eigenvalue weighted by Crippen LogP contribution is 2.42. The van der Waals surface area contributed by atoms with Crippen LogP contribution in [0.3, 0.4) is 0 Å². The number of nitrogens with one attached hydrogen (secondary N) is 1. The van der Waals surface area contributed by atoms with Gasteiger partial charge in [-0.05, 0) is 46.5 Å². The molecule has 0 aliphatic carbocycles. The van der Waals surface area contributed by atoms with Gasteiger partial charge in [0.1, 0.15) is 5.69 Å². The molecule has 1 aliphatic rings. The SMILES string of the molecule is C[C@@H]1[C@H](CN(Cc2ccccc2)Cc2ccccc2)O[C@H](c2ccc(NC(=O)c3cnc4ccccc4n3)cc2)O[C@@H]1c1ccc(CO)cc1. The summed E-state index contributed by atoms with van der Waals surface area (Å²) in [5, 5.41) is 12.6. The maximum Gasteiger partial charge on any atom is 0.275 e. The Morgan fingerprint density at radius 2 is 1.32 bits per heavy atom. The number of amides is 1. The molecule has 5 aromatic carbocycles. The van der Waals surface area contributed by atoms with Crippen molar-refractivity contribution in [1.82, 2.24) is 14.9 Å². The van der Waals surface area contributed by atoms with Crippen molar-refractivity contribution in [1.29, 1.82) is 0 Å². The van der Waals surface area contributed by atoms with Crippen LogP contribution in [-0.4, -0.2) is 38.5 Å². The standard InChI is InChI=1S/C42H40N4O4/c1-29-39(27-46(25-30-10-4-2-5-11-30)26-31-12-6-3-7-13-31)49-42(50-40(29)33-18-16-32(28-47)17-19-33)34-20-22-35(23-21-34)44-41(48)38-24-43-36-14-8-9-15-37(36)45-38/h2-24,29,39-40,42,47H,25-28H2,1H3,(H,44,48)/t29-,39+,40+,42+/m1/s1. The molecule has 1 fully saturated rings. The molecule has 8 nitrogen and oxygen atoms in total. The number of aliphatic hydroxyl groups excluding tert-OH is 1. The van der Waals surface area contributed by atoms with Crippen LogP contribution in [0, 0.1) is 5.92 Å². The van der Waals surface area contributed by atoms with Crippen LogP contribution in [0.5, 0.6) is 0 Å². The molecule has 0 bridgehead atoms. The average molecular weight is 665 g/mol. The first kappa shape index (κ1) is 33.3. The van der Waals surface area contributed by atoms with E-state index in [4.69, 9.17) is 9.47 Å². The average Bonchev–Trinajstić information content (AvgIpc) is 3.16. The molecule has 2 N–H and O–H groups in total. The van der Waals surface area contributed by atoms with Gasteiger partial charge in [-0.2, -0.15) is 0 Å². The summed E-state index contributed by atoms with van der Waals surface area (Å²) in [6.07, 6.45) is 0.454. The molecular weight excluding hydrogens is 624 g/mol. The Morgan fingerprint density at radius 1 is 0.720 bits per heavy atom. The van der Waals surface area contributed by atoms with Crippen LogP contribution in [0.2, 0.25) is 0 Å². The summed E-state index contributed by atoms with van der Waals surface area (Å²) < 4.78 is 13.5. The normalized spacial score (nSPS) is 19.0. The first-order valence-electron chi connectivity index (χ1n) is 17.0. The Bertz CT molecular complexity index is 1960. The molecule has 0 radical (unpaired) electrons. The Hall–Kier alpha value is -5.25. The molecule has 1 amide bonds. The van der Waals surface area contributed by atoms with Crippen molar-refractivity contribution >= 4 is 22.6 Å². The van der Waals surface area contributed by atoms with Gasteiger partial charge in [0, 0.05) is 36.8 Å². The van der Waals surface area contributed by atoms with Crippen molar-refractivity contribution in [3.8, 4) is 0 Å². The van der Waals surface area contributed by atoms with Crippen molar-refractivity contribution in [3.63, 3.8) is 0 Å². The maximum atomic E-state index is 13.1. The fourth-order valence-electron chi connectivity index (χ4n) is 6.44. The number of nitrogens with zero attached hydrogens (tertiary/aromatic N) is 3. The molecule has 252 valence electrons. The predicted octanol–water partition coefficient (Wildman–Crippen LogP) is 7.87. The number of rotatable bonds is 11. The van der Waals surface area contributed by atoms with E-state index in [1.807, 2.05) is 84.9 Å². The Kier molecular flexibility index (Phi) is 10.3. The number of carbonyl (C=O) groups excluding carboxylic acids is 1. The minimum absolute atomic E-state index is 0.0139. The third kappa shape index (κ3) is 7.96. The maximum absolute atomic E-state index is 13.1. The molecule has 1 saturated heterocycles. The highest BCUT2D eigenvalue weighted by molar-refractivity contribution is 6.03. The van der Waals surface area contributed by atoms with Gasteiger partial charge in [0.2, 0.25) is 0 Å². The molecule has 50 heavy (non-hydrogen) atoms. The molecule has 7 rings (SSSR count). The second-order valence-corrected chi connectivity index (χ2v) is 12.8. The number of hydrogen-bond acceptors (Lipinski definition) is 7. The quantitative estimate of drug-likeness (QED) is 0.146. The number of anilines is 1. The lowest BCUT2D eigenvalue weighted by molar-refractivity contribution is -0.276. The van der Waals surface area contributed by atoms with Crippen LogP contribution in [0.15, 0.2) is 140 Å². The smallest absolute Gasteiger partial charge is 0.275 e. The van der Waals surface area contributed by atoms with Gasteiger partial charge in [-0.25, -0.2) is 4.98 Å². The molecule has 8 heteroatoms. The molecule has 0 spiro atoms. The fourth-order valence-corrected chi connectivity index (χ4v) is 6.44. The number of benzene rings is 5. The van der Waals surface area contributed by atoms with E-state index >= 15 is 0 Å². The van der Waals surface area contributed by atoms with E-state index in [0.717, 1.165) is 35.3 Å². The van der Waals surface area contributed by atoms with E-state index < -0.39 is 6.29 Å². The minimum Gasteiger partial charge on any atom is -0.392 e. The van der Waals surface area contributed by atoms with Crippen LogP contribution >= 0.6 is 0 Å². The summed E-state index contributed by atoms with van der Waals surface area (Å²) in [4.78, 5) is 24.3. The number of hydrogen-bond donors (Lipinski definition) is 2. The van der Waals surface area contributed by atoms with Crippen molar-refractivity contribution < 1.29 is 19.4 Å². The zero-order valence-corrected chi connectivity index (χ0v) is 27.9. The summed E-state index contributed by atoms with van der Waals surface area (Å²) in [5.41, 5.74) is 7.48. The third-order valence-corrected chi connectivity index (χ3v) is 9.18. The molecule has 1 aromatic heterocycles. The summed E-state index contributed by atoms with van der Waals surface area (Å²) in [6.45, 7) is 4.42. The molecule has 4 atom stereocenters. The summed E-state index contributed by atoms with van der Waals surface area (Å²) in [5.74, 6) is -0.305. The summed E-state index contributed by atoms with van der Waals surface area (Å²) in [7, 11) is 0. The second kappa shape index (κ2) is 15.5. The lowest BCUT2D eigenvalue weighted by Crippen LogP contribution is -2.44. The number of fused-ring (bicyclic) bond motifs is 1. The fraction of sp³-hybridized carbons (Fsp3) is 0.214. The van der Waals surface area contributed by atoms with Gasteiger partial charge >= 0.3 is 0 Å². The van der Waals surface area contributed by atoms with Crippen LogP contribution in [0.1, 0.15) is 57.6 Å². The van der Waals surface area contributed by atoms with Crippen molar-refractivity contribution in [3.05, 3.63) is 173 Å². The van der Waals surface area contributed by atoms with Crippen LogP contribution in [-0.2, 0) is 29.2 Å². The molecule has 2 heterocycles. The van der Waals surface area contributed by atoms with Crippen LogP contribution in [0.25, 0.3) is 11.0 Å². The minimum atomic E-state index is -0.634. The first-order chi connectivity index (χ1) is 24.5. The highest BCUT2D eigenvalue weighted by Gasteiger charge is 2.39. The number of aromatic nitrogens is 2. The van der Waals surface area contributed by atoms with Gasteiger partial charge in [-0.3, -0.25) is 14.7 Å². The van der Waals surface area contributed by atoms with Gasteiger partial charge in [-0.1, -0.05) is 116 Å². The van der Waals surface area contributed by atoms with Crippen molar-refractivity contribution in [2.45, 2.75) is 45.1 Å². The zero-order valence-electron chi connectivity index (χ0n) is 27.9. The van der Waals surface area contributed by atoms with Gasteiger partial charge in [0.15, 0.2) is 6.29 Å². The Balaban J connectivity index is 1.13. The molecule has 1 aliphatic heterocycles. The van der Waals surface area contributed by atoms with Crippen molar-refractivity contribution in [2.75, 3.05) is 11.9 Å². The molecule has 0 unspecified atom stereocenters. The topological polar surface area (TPSA) is 96.8 Å². The number of para-hydroxylation sites is 2. The highest BCUT2D eigenvalue weighted by atomic mass is 16.7. The predicted molar refractivity (Wildman–Crippen MR) is 194 cm³/mol. The van der Waals surface area contributed by atoms with E-state index in [9.17, 15) is 9.90 Å². The van der Waals surface area contributed by atoms with E-state index in [-0.39, 0.29) is 36.3 Å². The van der Waals surface area contributed by atoms with E-state index in [1.165, 1.54) is 17.3 Å². The molecular formula is C42H40N4O4. The van der Waals surface area contributed by atoms with Gasteiger partial charge in [-0.15, -0.1) is 0 Å². The first-order valence-corrected chi connectivity index (χ1v) is 17.0. The summed E-state index contributed by atoms with van der Waals surface area (Å²) >= 11 is 0. The lowest BCUT2D eigenvalue weighted by atomic mass is 9.89. The lowest BCUT2D eigenvalue weighted by Gasteiger charge is -2.43. The van der Waals surface area contributed by atoms with Crippen LogP contribution < -0.4 is 5.32 Å². The monoisotopic (exact) mass is 664 g/mol. The zero-order chi connectivity index (χ0) is 34.3. The number of aliphatic hydroxyl groups is 1. The summed E-state index contributed by atoms with van der Waals surface area (Å²) in [6, 6.07) is 44.0. The van der Waals surface area contributed by atoms with E-state index in [1.54, 1.807) is 0 Å². The third-order valence-electron chi connectivity index (χ3n) is 9.18. The Morgan fingerprint density at radius 3 is 1.96 bits per heavy atom. The van der Waals surface area contributed by atoms with Gasteiger partial charge in [0.25, 0.3) is 5.91 Å². The number of carbonyl (C=O) groups is 1. The Labute approximate surface area is 292 Å². The molecule has 0 saturated carbocycles. The van der Waals surface area contributed by atoms with E-state index in [2.05, 4.69) is 75.6 Å². The number of ether oxygens (including phenoxy) is 2. The van der Waals surface area contributed by atoms with Crippen LogP contribution in [0.4, 0.5) is 5.69 Å². The van der Waals surface area contributed by atoms with Gasteiger partial charge < -0.3 is 19.9 Å².